The monoisotopic (exact) mass is 328 g/mol. The molecule has 24 heavy (non-hydrogen) atoms. The number of carbonyl (C=O) groups excluding carboxylic acids is 1. The highest BCUT2D eigenvalue weighted by atomic mass is 16.5. The van der Waals surface area contributed by atoms with Crippen LogP contribution in [0.5, 0.6) is 0 Å². The van der Waals surface area contributed by atoms with Crippen LogP contribution >= 0.6 is 0 Å². The number of rotatable bonds is 3. The second-order valence-corrected chi connectivity index (χ2v) is 7.14. The predicted molar refractivity (Wildman–Crippen MR) is 88.8 cm³/mol. The van der Waals surface area contributed by atoms with Crippen molar-refractivity contribution in [3.8, 4) is 0 Å². The highest BCUT2D eigenvalue weighted by molar-refractivity contribution is 5.94. The number of carbonyl (C=O) groups is 1. The lowest BCUT2D eigenvalue weighted by Gasteiger charge is -2.32. The number of hydrogen-bond acceptors (Lipinski definition) is 4. The molecule has 0 aromatic carbocycles. The third kappa shape index (κ3) is 2.85. The van der Waals surface area contributed by atoms with Crippen LogP contribution in [0.4, 0.5) is 0 Å². The van der Waals surface area contributed by atoms with Crippen molar-refractivity contribution in [1.82, 2.24) is 20.3 Å². The molecule has 1 atom stereocenters. The summed E-state index contributed by atoms with van der Waals surface area (Å²) in [4.78, 5) is 14.9. The van der Waals surface area contributed by atoms with E-state index in [9.17, 15) is 4.79 Å². The zero-order valence-corrected chi connectivity index (χ0v) is 14.2. The molecule has 0 radical (unpaired) electrons. The number of fused-ring (bicyclic) bond motifs is 1. The van der Waals surface area contributed by atoms with Crippen LogP contribution in [-0.4, -0.2) is 39.3 Å². The van der Waals surface area contributed by atoms with Gasteiger partial charge in [-0.1, -0.05) is 5.16 Å². The lowest BCUT2D eigenvalue weighted by Crippen LogP contribution is -2.41. The first-order chi connectivity index (χ1) is 11.7. The summed E-state index contributed by atoms with van der Waals surface area (Å²) in [6.45, 7) is 3.68. The van der Waals surface area contributed by atoms with Gasteiger partial charge in [-0.15, -0.1) is 0 Å². The Morgan fingerprint density at radius 3 is 3.08 bits per heavy atom. The van der Waals surface area contributed by atoms with Crippen LogP contribution in [0.3, 0.4) is 0 Å². The molecule has 2 aromatic rings. The lowest BCUT2D eigenvalue weighted by atomic mass is 9.91. The minimum Gasteiger partial charge on any atom is -0.360 e. The summed E-state index contributed by atoms with van der Waals surface area (Å²) in [5.74, 6) is 1.45. The zero-order valence-electron chi connectivity index (χ0n) is 14.2. The van der Waals surface area contributed by atoms with Gasteiger partial charge in [0.2, 0.25) is 0 Å². The quantitative estimate of drug-likeness (QED) is 0.940. The van der Waals surface area contributed by atoms with Gasteiger partial charge in [-0.25, -0.2) is 0 Å². The van der Waals surface area contributed by atoms with Crippen molar-refractivity contribution < 1.29 is 9.32 Å². The third-order valence-electron chi connectivity index (χ3n) is 5.39. The van der Waals surface area contributed by atoms with Crippen molar-refractivity contribution in [1.29, 1.82) is 0 Å². The fraction of sp³-hybridized carbons (Fsp3) is 0.611. The molecule has 1 aliphatic heterocycles. The van der Waals surface area contributed by atoms with Crippen molar-refractivity contribution in [2.75, 3.05) is 13.1 Å². The van der Waals surface area contributed by atoms with E-state index in [1.54, 1.807) is 0 Å². The Morgan fingerprint density at radius 2 is 2.25 bits per heavy atom. The van der Waals surface area contributed by atoms with Crippen LogP contribution in [0.2, 0.25) is 0 Å². The van der Waals surface area contributed by atoms with E-state index in [4.69, 9.17) is 4.52 Å². The van der Waals surface area contributed by atoms with Crippen molar-refractivity contribution in [2.24, 2.45) is 5.92 Å². The average molecular weight is 328 g/mol. The molecule has 6 nitrogen and oxygen atoms in total. The SMILES string of the molecule is Cc1cn[nH]c1CC1CCCN(C(=O)c2noc3c2CCCC3)C1. The molecule has 1 aliphatic carbocycles. The maximum Gasteiger partial charge on any atom is 0.276 e. The van der Waals surface area contributed by atoms with Gasteiger partial charge >= 0.3 is 0 Å². The van der Waals surface area contributed by atoms with Crippen molar-refractivity contribution in [3.63, 3.8) is 0 Å². The summed E-state index contributed by atoms with van der Waals surface area (Å²) >= 11 is 0. The van der Waals surface area contributed by atoms with Gasteiger partial charge < -0.3 is 9.42 Å². The fourth-order valence-corrected chi connectivity index (χ4v) is 3.99. The van der Waals surface area contributed by atoms with Crippen LogP contribution in [0.15, 0.2) is 10.7 Å². The molecular formula is C18H24N4O2. The van der Waals surface area contributed by atoms with E-state index in [0.717, 1.165) is 69.4 Å². The van der Waals surface area contributed by atoms with Gasteiger partial charge in [-0.3, -0.25) is 9.89 Å². The largest absolute Gasteiger partial charge is 0.360 e. The van der Waals surface area contributed by atoms with Gasteiger partial charge in [0.15, 0.2) is 5.69 Å². The summed E-state index contributed by atoms with van der Waals surface area (Å²) in [5.41, 5.74) is 4.00. The highest BCUT2D eigenvalue weighted by Gasteiger charge is 2.30. The number of aryl methyl sites for hydroxylation is 2. The van der Waals surface area contributed by atoms with Gasteiger partial charge in [-0.2, -0.15) is 5.10 Å². The summed E-state index contributed by atoms with van der Waals surface area (Å²) in [7, 11) is 0. The first kappa shape index (κ1) is 15.4. The normalized spacial score (nSPS) is 20.9. The Morgan fingerprint density at radius 1 is 1.38 bits per heavy atom. The summed E-state index contributed by atoms with van der Waals surface area (Å²) in [6.07, 6.45) is 9.10. The smallest absolute Gasteiger partial charge is 0.276 e. The number of nitrogens with one attached hydrogen (secondary N) is 1. The molecule has 128 valence electrons. The number of aromatic amines is 1. The van der Waals surface area contributed by atoms with Crippen LogP contribution in [0.1, 0.15) is 58.8 Å². The van der Waals surface area contributed by atoms with E-state index < -0.39 is 0 Å². The number of nitrogens with zero attached hydrogens (tertiary/aromatic N) is 3. The standard InChI is InChI=1S/C18H24N4O2/c1-12-10-19-20-15(12)9-13-5-4-8-22(11-13)18(23)17-14-6-2-3-7-16(14)24-21-17/h10,13H,2-9,11H2,1H3,(H,19,20). The van der Waals surface area contributed by atoms with E-state index in [-0.39, 0.29) is 5.91 Å². The zero-order chi connectivity index (χ0) is 16.5. The van der Waals surface area contributed by atoms with Crippen LogP contribution in [0, 0.1) is 12.8 Å². The van der Waals surface area contributed by atoms with E-state index in [2.05, 4.69) is 22.3 Å². The number of amides is 1. The summed E-state index contributed by atoms with van der Waals surface area (Å²) in [6, 6.07) is 0. The fourth-order valence-electron chi connectivity index (χ4n) is 3.99. The molecule has 1 unspecified atom stereocenters. The predicted octanol–water partition coefficient (Wildman–Crippen LogP) is 2.68. The van der Waals surface area contributed by atoms with Crippen molar-refractivity contribution >= 4 is 5.91 Å². The Bertz CT molecular complexity index is 733. The first-order valence-corrected chi connectivity index (χ1v) is 8.98. The molecule has 4 rings (SSSR count). The second kappa shape index (κ2) is 6.42. The molecule has 1 fully saturated rings. The molecule has 1 amide bonds. The Kier molecular flexibility index (Phi) is 4.12. The molecule has 0 bridgehead atoms. The van der Waals surface area contributed by atoms with E-state index in [1.165, 1.54) is 11.3 Å². The van der Waals surface area contributed by atoms with Crippen LogP contribution in [-0.2, 0) is 19.3 Å². The van der Waals surface area contributed by atoms with E-state index in [0.29, 0.717) is 11.6 Å². The number of H-pyrrole nitrogens is 1. The van der Waals surface area contributed by atoms with Gasteiger partial charge in [0.25, 0.3) is 5.91 Å². The molecule has 0 saturated carbocycles. The second-order valence-electron chi connectivity index (χ2n) is 7.14. The number of aromatic nitrogens is 3. The Labute approximate surface area is 141 Å². The van der Waals surface area contributed by atoms with Crippen LogP contribution < -0.4 is 0 Å². The van der Waals surface area contributed by atoms with Gasteiger partial charge in [0, 0.05) is 30.8 Å². The number of piperidine rings is 1. The minimum absolute atomic E-state index is 0.0490. The summed E-state index contributed by atoms with van der Waals surface area (Å²) < 4.78 is 5.42. The molecule has 3 heterocycles. The molecule has 0 spiro atoms. The van der Waals surface area contributed by atoms with Crippen molar-refractivity contribution in [3.05, 3.63) is 34.5 Å². The molecule has 2 aliphatic rings. The maximum atomic E-state index is 12.9. The Hall–Kier alpha value is -2.11. The summed E-state index contributed by atoms with van der Waals surface area (Å²) in [5, 5.41) is 11.3. The highest BCUT2D eigenvalue weighted by Crippen LogP contribution is 2.27. The number of likely N-dealkylation sites (tertiary alicyclic amines) is 1. The minimum atomic E-state index is 0.0490. The van der Waals surface area contributed by atoms with E-state index >= 15 is 0 Å². The maximum absolute atomic E-state index is 12.9. The molecule has 1 saturated heterocycles. The van der Waals surface area contributed by atoms with E-state index in [1.807, 2.05) is 11.1 Å². The molecule has 1 N–H and O–H groups in total. The topological polar surface area (TPSA) is 75.0 Å². The van der Waals surface area contributed by atoms with Gasteiger partial charge in [0.1, 0.15) is 5.76 Å². The Balaban J connectivity index is 1.47. The third-order valence-corrected chi connectivity index (χ3v) is 5.39. The van der Waals surface area contributed by atoms with Gasteiger partial charge in [-0.05, 0) is 56.9 Å². The molecule has 6 heteroatoms. The molecule has 2 aromatic heterocycles. The number of hydrogen-bond donors (Lipinski definition) is 1. The van der Waals surface area contributed by atoms with Crippen molar-refractivity contribution in [2.45, 2.75) is 51.9 Å². The van der Waals surface area contributed by atoms with Gasteiger partial charge in [0.05, 0.1) is 6.20 Å². The molecular weight excluding hydrogens is 304 g/mol. The lowest BCUT2D eigenvalue weighted by molar-refractivity contribution is 0.0661. The average Bonchev–Trinajstić information content (AvgIpc) is 3.21. The van der Waals surface area contributed by atoms with Crippen LogP contribution in [0.25, 0.3) is 0 Å². The first-order valence-electron chi connectivity index (χ1n) is 8.98.